The van der Waals surface area contributed by atoms with Crippen LogP contribution < -0.4 is 10.6 Å². The molecule has 2 saturated carbocycles. The molecule has 2 aliphatic carbocycles. The molecule has 6 nitrogen and oxygen atoms in total. The fourth-order valence-corrected chi connectivity index (χ4v) is 8.42. The highest BCUT2D eigenvalue weighted by Crippen LogP contribution is 2.53. The van der Waals surface area contributed by atoms with Crippen molar-refractivity contribution in [1.29, 1.82) is 0 Å². The monoisotopic (exact) mass is 466 g/mol. The van der Waals surface area contributed by atoms with Gasteiger partial charge in [0.1, 0.15) is 0 Å². The highest BCUT2D eigenvalue weighted by molar-refractivity contribution is 5.92. The lowest BCUT2D eigenvalue weighted by Crippen LogP contribution is -2.40. The second kappa shape index (κ2) is 7.63. The van der Waals surface area contributed by atoms with Gasteiger partial charge in [0.2, 0.25) is 0 Å². The normalized spacial score (nSPS) is 35.2. The Balaban J connectivity index is 1.19. The van der Waals surface area contributed by atoms with E-state index in [0.717, 1.165) is 50.1 Å². The van der Waals surface area contributed by atoms with E-state index in [2.05, 4.69) is 52.2 Å². The Morgan fingerprint density at radius 3 is 1.38 bits per heavy atom. The molecule has 0 radical (unpaired) electrons. The molecule has 2 saturated heterocycles. The van der Waals surface area contributed by atoms with E-state index in [1.807, 2.05) is 34.1 Å². The summed E-state index contributed by atoms with van der Waals surface area (Å²) in [7, 11) is 0. The first-order valence-electron chi connectivity index (χ1n) is 13.0. The first kappa shape index (κ1) is 23.5. The standard InChI is InChI=1S/C28H42N4O2/c1-25(2)11-21-13-27(5,15-25)17-31(21)23(33)29-19-7-9-20(10-8-19)30-24(34)32-18-28(6)14-22(32)12-26(3,4)16-28/h7-10,21-22H,11-18H2,1-6H3,(H,29,33)(H,30,34)/t21-,22+,27-,28+. The second-order valence-electron chi connectivity index (χ2n) is 14.1. The van der Waals surface area contributed by atoms with Crippen molar-refractivity contribution in [3.8, 4) is 0 Å². The van der Waals surface area contributed by atoms with Crippen LogP contribution in [0.2, 0.25) is 0 Å². The van der Waals surface area contributed by atoms with Gasteiger partial charge in [0.25, 0.3) is 0 Å². The van der Waals surface area contributed by atoms with Gasteiger partial charge in [0, 0.05) is 36.5 Å². The first-order chi connectivity index (χ1) is 15.7. The average molecular weight is 467 g/mol. The van der Waals surface area contributed by atoms with Gasteiger partial charge in [-0.3, -0.25) is 0 Å². The molecule has 4 aliphatic rings. The molecule has 0 spiro atoms. The van der Waals surface area contributed by atoms with Gasteiger partial charge < -0.3 is 20.4 Å². The number of benzene rings is 1. The van der Waals surface area contributed by atoms with Crippen molar-refractivity contribution in [2.75, 3.05) is 23.7 Å². The molecule has 1 aromatic carbocycles. The van der Waals surface area contributed by atoms with E-state index in [-0.39, 0.29) is 33.7 Å². The average Bonchev–Trinajstić information content (AvgIpc) is 3.09. The number of hydrogen-bond acceptors (Lipinski definition) is 2. The van der Waals surface area contributed by atoms with Crippen molar-refractivity contribution in [3.63, 3.8) is 0 Å². The molecule has 4 amide bonds. The van der Waals surface area contributed by atoms with E-state index in [1.165, 1.54) is 12.8 Å². The molecule has 2 heterocycles. The van der Waals surface area contributed by atoms with Crippen LogP contribution in [-0.4, -0.2) is 47.0 Å². The van der Waals surface area contributed by atoms with Gasteiger partial charge in [0.15, 0.2) is 0 Å². The molecule has 4 fully saturated rings. The Labute approximate surface area is 204 Å². The summed E-state index contributed by atoms with van der Waals surface area (Å²) in [6.45, 7) is 15.6. The number of rotatable bonds is 2. The van der Waals surface area contributed by atoms with Gasteiger partial charge in [0.05, 0.1) is 0 Å². The molecule has 2 N–H and O–H groups in total. The van der Waals surface area contributed by atoms with Crippen molar-refractivity contribution in [2.24, 2.45) is 21.7 Å². The van der Waals surface area contributed by atoms with Gasteiger partial charge >= 0.3 is 12.1 Å². The number of hydrogen-bond donors (Lipinski definition) is 2. The number of nitrogens with zero attached hydrogens (tertiary/aromatic N) is 2. The molecule has 34 heavy (non-hydrogen) atoms. The molecule has 2 aliphatic heterocycles. The minimum absolute atomic E-state index is 0.0107. The summed E-state index contributed by atoms with van der Waals surface area (Å²) >= 11 is 0. The smallest absolute Gasteiger partial charge is 0.321 e. The topological polar surface area (TPSA) is 64.7 Å². The van der Waals surface area contributed by atoms with Crippen LogP contribution in [-0.2, 0) is 0 Å². The maximum absolute atomic E-state index is 13.1. The maximum Gasteiger partial charge on any atom is 0.322 e. The predicted molar refractivity (Wildman–Crippen MR) is 137 cm³/mol. The molecule has 5 rings (SSSR count). The fourth-order valence-electron chi connectivity index (χ4n) is 8.42. The number of carbonyl (C=O) groups is 2. The number of carbonyl (C=O) groups excluding carboxylic acids is 2. The van der Waals surface area contributed by atoms with Gasteiger partial charge in [-0.25, -0.2) is 9.59 Å². The highest BCUT2D eigenvalue weighted by Gasteiger charge is 2.52. The van der Waals surface area contributed by atoms with E-state index in [9.17, 15) is 9.59 Å². The van der Waals surface area contributed by atoms with Crippen molar-refractivity contribution in [1.82, 2.24) is 9.80 Å². The van der Waals surface area contributed by atoms with E-state index < -0.39 is 0 Å². The number of fused-ring (bicyclic) bond motifs is 4. The Kier molecular flexibility index (Phi) is 5.27. The van der Waals surface area contributed by atoms with Gasteiger partial charge in [-0.2, -0.15) is 0 Å². The minimum atomic E-state index is -0.0107. The van der Waals surface area contributed by atoms with Crippen molar-refractivity contribution < 1.29 is 9.59 Å². The summed E-state index contributed by atoms with van der Waals surface area (Å²) in [5.74, 6) is 0. The SMILES string of the molecule is CC1(C)C[C@@H]2C[C@@](C)(CN2C(=O)Nc2ccc(NC(=O)N3C[C@@]4(C)C[C@@H]3CC(C)(C)C4)cc2)C1. The second-order valence-corrected chi connectivity index (χ2v) is 14.1. The third kappa shape index (κ3) is 4.52. The van der Waals surface area contributed by atoms with Crippen LogP contribution in [0.15, 0.2) is 24.3 Å². The molecule has 186 valence electrons. The molecular weight excluding hydrogens is 424 g/mol. The van der Waals surface area contributed by atoms with E-state index in [4.69, 9.17) is 0 Å². The van der Waals surface area contributed by atoms with Crippen LogP contribution in [0, 0.1) is 21.7 Å². The Morgan fingerprint density at radius 1 is 0.676 bits per heavy atom. The fraction of sp³-hybridized carbons (Fsp3) is 0.714. The lowest BCUT2D eigenvalue weighted by atomic mass is 9.65. The minimum Gasteiger partial charge on any atom is -0.321 e. The van der Waals surface area contributed by atoms with Crippen molar-refractivity contribution in [3.05, 3.63) is 24.3 Å². The maximum atomic E-state index is 13.1. The van der Waals surface area contributed by atoms with Crippen molar-refractivity contribution in [2.45, 2.75) is 92.2 Å². The molecule has 6 heteroatoms. The summed E-state index contributed by atoms with van der Waals surface area (Å²) in [5, 5.41) is 6.17. The number of urea groups is 2. The van der Waals surface area contributed by atoms with Gasteiger partial charge in [-0.05, 0) is 84.5 Å². The van der Waals surface area contributed by atoms with Crippen LogP contribution in [0.1, 0.15) is 80.1 Å². The number of likely N-dealkylation sites (tertiary alicyclic amines) is 2. The molecule has 1 aromatic rings. The highest BCUT2D eigenvalue weighted by atomic mass is 16.2. The molecule has 4 atom stereocenters. The molecule has 0 aromatic heterocycles. The number of anilines is 2. The van der Waals surface area contributed by atoms with Crippen LogP contribution in [0.4, 0.5) is 21.0 Å². The first-order valence-corrected chi connectivity index (χ1v) is 13.0. The predicted octanol–water partition coefficient (Wildman–Crippen LogP) is 6.55. The van der Waals surface area contributed by atoms with E-state index >= 15 is 0 Å². The Bertz CT molecular complexity index is 908. The third-order valence-corrected chi connectivity index (χ3v) is 8.74. The van der Waals surface area contributed by atoms with Crippen LogP contribution in [0.25, 0.3) is 0 Å². The summed E-state index contributed by atoms with van der Waals surface area (Å²) < 4.78 is 0. The summed E-state index contributed by atoms with van der Waals surface area (Å²) in [4.78, 5) is 30.2. The zero-order valence-corrected chi connectivity index (χ0v) is 21.8. The van der Waals surface area contributed by atoms with E-state index in [1.54, 1.807) is 0 Å². The van der Waals surface area contributed by atoms with E-state index in [0.29, 0.717) is 12.1 Å². The Morgan fingerprint density at radius 2 is 1.03 bits per heavy atom. The van der Waals surface area contributed by atoms with Crippen LogP contribution in [0.5, 0.6) is 0 Å². The molecular formula is C28H42N4O2. The number of amides is 4. The molecule has 4 bridgehead atoms. The lowest BCUT2D eigenvalue weighted by Gasteiger charge is -2.39. The van der Waals surface area contributed by atoms with Crippen LogP contribution >= 0.6 is 0 Å². The lowest BCUT2D eigenvalue weighted by molar-refractivity contribution is 0.129. The van der Waals surface area contributed by atoms with Crippen LogP contribution in [0.3, 0.4) is 0 Å². The largest absolute Gasteiger partial charge is 0.322 e. The summed E-state index contributed by atoms with van der Waals surface area (Å²) in [5.41, 5.74) is 2.54. The molecule has 0 unspecified atom stereocenters. The Hall–Kier alpha value is -2.24. The zero-order valence-electron chi connectivity index (χ0n) is 21.8. The zero-order chi connectivity index (χ0) is 24.5. The number of nitrogens with one attached hydrogen (secondary N) is 2. The third-order valence-electron chi connectivity index (χ3n) is 8.74. The van der Waals surface area contributed by atoms with Gasteiger partial charge in [-0.15, -0.1) is 0 Å². The summed E-state index contributed by atoms with van der Waals surface area (Å²) in [6, 6.07) is 8.15. The van der Waals surface area contributed by atoms with Gasteiger partial charge in [-0.1, -0.05) is 41.5 Å². The van der Waals surface area contributed by atoms with Crippen molar-refractivity contribution >= 4 is 23.4 Å². The quantitative estimate of drug-likeness (QED) is 0.519. The summed E-state index contributed by atoms with van der Waals surface area (Å²) in [6.07, 6.45) is 6.67.